The number of hydrogen-bond acceptors (Lipinski definition) is 4. The maximum absolute atomic E-state index is 11.4. The van der Waals surface area contributed by atoms with E-state index in [4.69, 9.17) is 14.7 Å². The van der Waals surface area contributed by atoms with Crippen LogP contribution < -0.4 is 4.74 Å². The molecule has 88 valence electrons. The second-order valence-corrected chi connectivity index (χ2v) is 4.04. The van der Waals surface area contributed by atoms with Crippen LogP contribution in [-0.4, -0.2) is 20.2 Å². The molecule has 2 atom stereocenters. The van der Waals surface area contributed by atoms with Gasteiger partial charge in [-0.15, -0.1) is 0 Å². The predicted molar refractivity (Wildman–Crippen MR) is 60.6 cm³/mol. The van der Waals surface area contributed by atoms with Gasteiger partial charge in [-0.2, -0.15) is 5.26 Å². The van der Waals surface area contributed by atoms with Crippen LogP contribution in [-0.2, 0) is 9.53 Å². The smallest absolute Gasteiger partial charge is 0.309 e. The fourth-order valence-electron chi connectivity index (χ4n) is 2.03. The van der Waals surface area contributed by atoms with E-state index in [0.717, 1.165) is 12.0 Å². The third kappa shape index (κ3) is 2.09. The van der Waals surface area contributed by atoms with Gasteiger partial charge in [-0.1, -0.05) is 0 Å². The molecule has 1 aliphatic carbocycles. The van der Waals surface area contributed by atoms with Crippen LogP contribution in [0.3, 0.4) is 0 Å². The number of esters is 1. The molecule has 0 bridgehead atoms. The normalized spacial score (nSPS) is 21.5. The van der Waals surface area contributed by atoms with Crippen LogP contribution in [0.5, 0.6) is 5.75 Å². The number of nitriles is 1. The Kier molecular flexibility index (Phi) is 3.01. The number of benzene rings is 1. The molecule has 4 heteroatoms. The number of nitrogens with zero attached hydrogens (tertiary/aromatic N) is 1. The van der Waals surface area contributed by atoms with E-state index in [-0.39, 0.29) is 17.8 Å². The Morgan fingerprint density at radius 2 is 2.24 bits per heavy atom. The van der Waals surface area contributed by atoms with E-state index in [1.807, 2.05) is 6.07 Å². The third-order valence-electron chi connectivity index (χ3n) is 3.07. The van der Waals surface area contributed by atoms with Gasteiger partial charge in [0.2, 0.25) is 0 Å². The number of rotatable bonds is 3. The monoisotopic (exact) mass is 231 g/mol. The molecule has 1 aliphatic rings. The van der Waals surface area contributed by atoms with Crippen LogP contribution in [0.4, 0.5) is 0 Å². The number of ether oxygens (including phenoxy) is 2. The number of carbonyl (C=O) groups excluding carboxylic acids is 1. The van der Waals surface area contributed by atoms with Crippen molar-refractivity contribution in [3.05, 3.63) is 29.3 Å². The quantitative estimate of drug-likeness (QED) is 0.745. The SMILES string of the molecule is COC(=O)[C@H]1C[C@@H]1c1cc(OC)ccc1C#N. The van der Waals surface area contributed by atoms with Crippen LogP contribution in [0.1, 0.15) is 23.5 Å². The Bertz CT molecular complexity index is 490. The summed E-state index contributed by atoms with van der Waals surface area (Å²) in [5.74, 6) is 0.475. The molecule has 0 spiro atoms. The van der Waals surface area contributed by atoms with Crippen molar-refractivity contribution in [3.8, 4) is 11.8 Å². The first-order valence-corrected chi connectivity index (χ1v) is 5.37. The minimum absolute atomic E-state index is 0.0900. The van der Waals surface area contributed by atoms with E-state index < -0.39 is 0 Å². The van der Waals surface area contributed by atoms with Crippen molar-refractivity contribution in [2.45, 2.75) is 12.3 Å². The predicted octanol–water partition coefficient (Wildman–Crippen LogP) is 1.84. The summed E-state index contributed by atoms with van der Waals surface area (Å²) >= 11 is 0. The third-order valence-corrected chi connectivity index (χ3v) is 3.07. The molecule has 0 aromatic heterocycles. The molecule has 17 heavy (non-hydrogen) atoms. The van der Waals surface area contributed by atoms with Gasteiger partial charge in [0.25, 0.3) is 0 Å². The highest BCUT2D eigenvalue weighted by atomic mass is 16.5. The summed E-state index contributed by atoms with van der Waals surface area (Å²) in [7, 11) is 2.96. The Balaban J connectivity index is 2.27. The first-order chi connectivity index (χ1) is 8.21. The molecular formula is C13H13NO3. The molecule has 0 saturated heterocycles. The van der Waals surface area contributed by atoms with Crippen molar-refractivity contribution < 1.29 is 14.3 Å². The zero-order valence-electron chi connectivity index (χ0n) is 9.77. The summed E-state index contributed by atoms with van der Waals surface area (Å²) in [6.45, 7) is 0. The Morgan fingerprint density at radius 3 is 2.82 bits per heavy atom. The summed E-state index contributed by atoms with van der Waals surface area (Å²) in [6, 6.07) is 7.43. The van der Waals surface area contributed by atoms with Crippen LogP contribution in [0, 0.1) is 17.2 Å². The first kappa shape index (κ1) is 11.5. The topological polar surface area (TPSA) is 59.3 Å². The molecule has 0 aliphatic heterocycles. The van der Waals surface area contributed by atoms with Gasteiger partial charge in [0, 0.05) is 0 Å². The van der Waals surface area contributed by atoms with E-state index in [9.17, 15) is 4.79 Å². The lowest BCUT2D eigenvalue weighted by atomic mass is 10.0. The fourth-order valence-corrected chi connectivity index (χ4v) is 2.03. The van der Waals surface area contributed by atoms with Gasteiger partial charge >= 0.3 is 5.97 Å². The van der Waals surface area contributed by atoms with Crippen molar-refractivity contribution in [2.24, 2.45) is 5.92 Å². The molecule has 0 radical (unpaired) electrons. The molecule has 4 nitrogen and oxygen atoms in total. The minimum Gasteiger partial charge on any atom is -0.497 e. The molecule has 0 unspecified atom stereocenters. The summed E-state index contributed by atoms with van der Waals surface area (Å²) in [4.78, 5) is 11.4. The molecular weight excluding hydrogens is 218 g/mol. The molecule has 1 aromatic carbocycles. The van der Waals surface area contributed by atoms with Crippen molar-refractivity contribution in [1.82, 2.24) is 0 Å². The minimum atomic E-state index is -0.207. The van der Waals surface area contributed by atoms with E-state index in [1.165, 1.54) is 7.11 Å². The zero-order chi connectivity index (χ0) is 12.4. The molecule has 0 amide bonds. The summed E-state index contributed by atoms with van der Waals surface area (Å²) in [6.07, 6.45) is 0.745. The molecule has 1 saturated carbocycles. The van der Waals surface area contributed by atoms with Gasteiger partial charge in [-0.05, 0) is 36.1 Å². The van der Waals surface area contributed by atoms with Crippen molar-refractivity contribution in [1.29, 1.82) is 5.26 Å². The molecule has 1 aromatic rings. The maximum atomic E-state index is 11.4. The highest BCUT2D eigenvalue weighted by molar-refractivity contribution is 5.77. The Hall–Kier alpha value is -2.02. The molecule has 0 N–H and O–H groups in total. The standard InChI is InChI=1S/C13H13NO3/c1-16-9-4-3-8(7-14)10(5-9)11-6-12(11)13(15)17-2/h3-5,11-12H,6H2,1-2H3/t11-,12+/m1/s1. The Morgan fingerprint density at radius 1 is 1.47 bits per heavy atom. The maximum Gasteiger partial charge on any atom is 0.309 e. The van der Waals surface area contributed by atoms with Crippen LogP contribution >= 0.6 is 0 Å². The fraction of sp³-hybridized carbons (Fsp3) is 0.385. The lowest BCUT2D eigenvalue weighted by Crippen LogP contribution is -2.04. The summed E-state index contributed by atoms with van der Waals surface area (Å²) < 4.78 is 9.83. The van der Waals surface area contributed by atoms with E-state index >= 15 is 0 Å². The highest BCUT2D eigenvalue weighted by Gasteiger charge is 2.46. The second kappa shape index (κ2) is 4.46. The second-order valence-electron chi connectivity index (χ2n) is 4.04. The number of hydrogen-bond donors (Lipinski definition) is 0. The largest absolute Gasteiger partial charge is 0.497 e. The van der Waals surface area contributed by atoms with Gasteiger partial charge in [0.15, 0.2) is 0 Å². The van der Waals surface area contributed by atoms with Crippen molar-refractivity contribution in [2.75, 3.05) is 14.2 Å². The molecule has 2 rings (SSSR count). The highest BCUT2D eigenvalue weighted by Crippen LogP contribution is 2.49. The zero-order valence-corrected chi connectivity index (χ0v) is 9.77. The van der Waals surface area contributed by atoms with E-state index in [0.29, 0.717) is 11.3 Å². The van der Waals surface area contributed by atoms with E-state index in [1.54, 1.807) is 19.2 Å². The van der Waals surface area contributed by atoms with Gasteiger partial charge in [-0.25, -0.2) is 0 Å². The van der Waals surface area contributed by atoms with Gasteiger partial charge in [0.05, 0.1) is 31.8 Å². The first-order valence-electron chi connectivity index (χ1n) is 5.37. The summed E-state index contributed by atoms with van der Waals surface area (Å²) in [5, 5.41) is 9.03. The lowest BCUT2D eigenvalue weighted by molar-refractivity contribution is -0.142. The van der Waals surface area contributed by atoms with Crippen molar-refractivity contribution in [3.63, 3.8) is 0 Å². The average molecular weight is 231 g/mol. The average Bonchev–Trinajstić information content (AvgIpc) is 3.17. The molecule has 1 fully saturated rings. The lowest BCUT2D eigenvalue weighted by Gasteiger charge is -2.06. The molecule has 0 heterocycles. The van der Waals surface area contributed by atoms with E-state index in [2.05, 4.69) is 6.07 Å². The van der Waals surface area contributed by atoms with Crippen molar-refractivity contribution >= 4 is 5.97 Å². The summed E-state index contributed by atoms with van der Waals surface area (Å²) in [5.41, 5.74) is 1.48. The Labute approximate surface area is 99.8 Å². The van der Waals surface area contributed by atoms with Crippen LogP contribution in [0.2, 0.25) is 0 Å². The van der Waals surface area contributed by atoms with Crippen LogP contribution in [0.15, 0.2) is 18.2 Å². The van der Waals surface area contributed by atoms with Gasteiger partial charge in [-0.3, -0.25) is 4.79 Å². The van der Waals surface area contributed by atoms with Gasteiger partial charge in [0.1, 0.15) is 5.75 Å². The number of carbonyl (C=O) groups is 1. The number of methoxy groups -OCH3 is 2. The van der Waals surface area contributed by atoms with Gasteiger partial charge < -0.3 is 9.47 Å². The van der Waals surface area contributed by atoms with Crippen LogP contribution in [0.25, 0.3) is 0 Å².